The maximum atomic E-state index is 8.56. The zero-order valence-electron chi connectivity index (χ0n) is 5.37. The van der Waals surface area contributed by atoms with Gasteiger partial charge in [-0.25, -0.2) is 0 Å². The van der Waals surface area contributed by atoms with Crippen molar-refractivity contribution in [2.45, 2.75) is 0 Å². The fraction of sp³-hybridized carbons (Fsp3) is 0.800. The molecule has 1 heterocycles. The van der Waals surface area contributed by atoms with Gasteiger partial charge in [-0.1, -0.05) is 0 Å². The largest absolute Gasteiger partial charge is 0.388 e. The maximum Gasteiger partial charge on any atom is 0.125 e. The number of aliphatic hydroxyl groups is 1. The summed E-state index contributed by atoms with van der Waals surface area (Å²) in [6.45, 7) is 1.87. The lowest BCUT2D eigenvalue weighted by atomic mass is 10.5. The van der Waals surface area contributed by atoms with Crippen molar-refractivity contribution in [1.29, 1.82) is 0 Å². The van der Waals surface area contributed by atoms with Gasteiger partial charge in [0.2, 0.25) is 0 Å². The normalized spacial score (nSPS) is 17.1. The van der Waals surface area contributed by atoms with Gasteiger partial charge in [0.05, 0.1) is 6.54 Å². The van der Waals surface area contributed by atoms with Crippen molar-refractivity contribution in [2.24, 2.45) is 4.99 Å². The predicted molar refractivity (Wildman–Crippen MR) is 39.3 cm³/mol. The van der Waals surface area contributed by atoms with Crippen LogP contribution in [0.1, 0.15) is 0 Å². The van der Waals surface area contributed by atoms with Gasteiger partial charge in [-0.05, 0) is 0 Å². The van der Waals surface area contributed by atoms with Crippen molar-refractivity contribution in [3.05, 3.63) is 0 Å². The van der Waals surface area contributed by atoms with Crippen LogP contribution in [0.2, 0.25) is 0 Å². The monoisotopic (exact) mass is 150 g/mol. The minimum atomic E-state index is 0. The van der Waals surface area contributed by atoms with Crippen molar-refractivity contribution in [2.75, 3.05) is 26.7 Å². The molecule has 0 saturated heterocycles. The van der Waals surface area contributed by atoms with Crippen LogP contribution in [-0.2, 0) is 0 Å². The lowest BCUT2D eigenvalue weighted by molar-refractivity contribution is 0.340. The van der Waals surface area contributed by atoms with E-state index in [4.69, 9.17) is 5.11 Å². The zero-order chi connectivity index (χ0) is 5.98. The van der Waals surface area contributed by atoms with E-state index in [9.17, 15) is 0 Å². The molecule has 3 nitrogen and oxygen atoms in total. The molecule has 1 aliphatic heterocycles. The van der Waals surface area contributed by atoms with Crippen molar-refractivity contribution in [3.8, 4) is 0 Å². The second-order valence-corrected chi connectivity index (χ2v) is 1.88. The number of amidine groups is 1. The second-order valence-electron chi connectivity index (χ2n) is 1.88. The summed E-state index contributed by atoms with van der Waals surface area (Å²) in [5, 5.41) is 8.56. The van der Waals surface area contributed by atoms with Crippen LogP contribution in [0.15, 0.2) is 4.99 Å². The molecule has 0 atom stereocenters. The van der Waals surface area contributed by atoms with Gasteiger partial charge < -0.3 is 10.0 Å². The first-order chi connectivity index (χ1) is 3.84. The van der Waals surface area contributed by atoms with Gasteiger partial charge in [0.25, 0.3) is 0 Å². The third-order valence-electron chi connectivity index (χ3n) is 1.31. The Morgan fingerprint density at radius 2 is 2.44 bits per heavy atom. The average Bonchev–Trinajstić information content (AvgIpc) is 2.14. The summed E-state index contributed by atoms with van der Waals surface area (Å²) in [4.78, 5) is 5.99. The molecular weight excluding hydrogens is 140 g/mol. The number of likely N-dealkylation sites (N-methyl/N-ethyl adjacent to an activating group) is 1. The molecule has 0 unspecified atom stereocenters. The third-order valence-corrected chi connectivity index (χ3v) is 1.31. The number of rotatable bonds is 1. The number of aliphatic hydroxyl groups excluding tert-OH is 1. The molecule has 0 bridgehead atoms. The number of nitrogens with zero attached hydrogens (tertiary/aromatic N) is 2. The molecule has 4 heteroatoms. The number of halogens is 1. The van der Waals surface area contributed by atoms with Gasteiger partial charge in [0, 0.05) is 13.6 Å². The van der Waals surface area contributed by atoms with Crippen LogP contribution in [0.25, 0.3) is 0 Å². The first-order valence-corrected chi connectivity index (χ1v) is 2.70. The predicted octanol–water partition coefficient (Wildman–Crippen LogP) is -0.256. The molecule has 54 valence electrons. The Morgan fingerprint density at radius 1 is 1.78 bits per heavy atom. The Bertz CT molecular complexity index is 116. The molecule has 0 radical (unpaired) electrons. The summed E-state index contributed by atoms with van der Waals surface area (Å²) < 4.78 is 0. The molecule has 1 aliphatic rings. The Kier molecular flexibility index (Phi) is 3.58. The van der Waals surface area contributed by atoms with Gasteiger partial charge >= 0.3 is 0 Å². The number of hydrogen-bond acceptors (Lipinski definition) is 3. The van der Waals surface area contributed by atoms with Crippen molar-refractivity contribution in [1.82, 2.24) is 4.90 Å². The van der Waals surface area contributed by atoms with E-state index >= 15 is 0 Å². The van der Waals surface area contributed by atoms with Crippen molar-refractivity contribution in [3.63, 3.8) is 0 Å². The zero-order valence-corrected chi connectivity index (χ0v) is 6.19. The average molecular weight is 151 g/mol. The van der Waals surface area contributed by atoms with E-state index < -0.39 is 0 Å². The summed E-state index contributed by atoms with van der Waals surface area (Å²) >= 11 is 0. The molecule has 0 amide bonds. The highest BCUT2D eigenvalue weighted by atomic mass is 35.5. The van der Waals surface area contributed by atoms with E-state index in [1.54, 1.807) is 0 Å². The van der Waals surface area contributed by atoms with E-state index in [0.29, 0.717) is 0 Å². The highest BCUT2D eigenvalue weighted by molar-refractivity contribution is 5.85. The minimum absolute atomic E-state index is 0. The third kappa shape index (κ3) is 1.84. The van der Waals surface area contributed by atoms with Crippen molar-refractivity contribution < 1.29 is 5.11 Å². The molecule has 0 aromatic rings. The Labute approximate surface area is 60.8 Å². The van der Waals surface area contributed by atoms with Gasteiger partial charge in [-0.15, -0.1) is 12.4 Å². The van der Waals surface area contributed by atoms with E-state index in [1.165, 1.54) is 0 Å². The van der Waals surface area contributed by atoms with Crippen LogP contribution >= 0.6 is 12.4 Å². The highest BCUT2D eigenvalue weighted by Crippen LogP contribution is 1.95. The minimum Gasteiger partial charge on any atom is -0.388 e. The molecule has 0 aromatic heterocycles. The molecule has 1 N–H and O–H groups in total. The first kappa shape index (κ1) is 8.72. The second kappa shape index (κ2) is 3.69. The van der Waals surface area contributed by atoms with E-state index in [1.807, 2.05) is 11.9 Å². The fourth-order valence-corrected chi connectivity index (χ4v) is 0.750. The Hall–Kier alpha value is -0.280. The number of hydrogen-bond donors (Lipinski definition) is 1. The first-order valence-electron chi connectivity index (χ1n) is 2.70. The molecular formula is C5H11ClN2O. The van der Waals surface area contributed by atoms with Crippen LogP contribution in [0, 0.1) is 0 Å². The molecule has 0 spiro atoms. The fourth-order valence-electron chi connectivity index (χ4n) is 0.750. The SMILES string of the molecule is CN1CCN=C1CO.Cl. The summed E-state index contributed by atoms with van der Waals surface area (Å²) in [6, 6.07) is 0. The molecule has 0 saturated carbocycles. The van der Waals surface area contributed by atoms with Crippen LogP contribution < -0.4 is 0 Å². The topological polar surface area (TPSA) is 35.8 Å². The maximum absolute atomic E-state index is 8.56. The quantitative estimate of drug-likeness (QED) is 0.560. The highest BCUT2D eigenvalue weighted by Gasteiger charge is 2.08. The van der Waals surface area contributed by atoms with E-state index in [-0.39, 0.29) is 19.0 Å². The van der Waals surface area contributed by atoms with Gasteiger partial charge in [0.15, 0.2) is 0 Å². The molecule has 0 aromatic carbocycles. The summed E-state index contributed by atoms with van der Waals surface area (Å²) in [7, 11) is 1.93. The van der Waals surface area contributed by atoms with Crippen LogP contribution in [0.3, 0.4) is 0 Å². The van der Waals surface area contributed by atoms with Crippen molar-refractivity contribution >= 4 is 18.2 Å². The molecule has 0 fully saturated rings. The summed E-state index contributed by atoms with van der Waals surface area (Å²) in [5.74, 6) is 0.810. The molecule has 9 heavy (non-hydrogen) atoms. The van der Waals surface area contributed by atoms with Crippen LogP contribution in [-0.4, -0.2) is 42.6 Å². The van der Waals surface area contributed by atoms with Gasteiger partial charge in [-0.3, -0.25) is 4.99 Å². The van der Waals surface area contributed by atoms with E-state index in [0.717, 1.165) is 18.9 Å². The lowest BCUT2D eigenvalue weighted by Gasteiger charge is -2.09. The van der Waals surface area contributed by atoms with Crippen LogP contribution in [0.5, 0.6) is 0 Å². The lowest BCUT2D eigenvalue weighted by Crippen LogP contribution is -2.25. The Balaban J connectivity index is 0.000000640. The Morgan fingerprint density at radius 3 is 2.67 bits per heavy atom. The summed E-state index contributed by atoms with van der Waals surface area (Å²) in [5.41, 5.74) is 0. The molecule has 1 rings (SSSR count). The smallest absolute Gasteiger partial charge is 0.125 e. The van der Waals surface area contributed by atoms with Gasteiger partial charge in [0.1, 0.15) is 12.4 Å². The van der Waals surface area contributed by atoms with Crippen LogP contribution in [0.4, 0.5) is 0 Å². The van der Waals surface area contributed by atoms with E-state index in [2.05, 4.69) is 4.99 Å². The molecule has 0 aliphatic carbocycles. The number of aliphatic imine (C=N–C) groups is 1. The summed E-state index contributed by atoms with van der Waals surface area (Å²) in [6.07, 6.45) is 0. The standard InChI is InChI=1S/C5H10N2O.ClH/c1-7-3-2-6-5(7)4-8;/h8H,2-4H2,1H3;1H. The van der Waals surface area contributed by atoms with Gasteiger partial charge in [-0.2, -0.15) is 0 Å².